The van der Waals surface area contributed by atoms with Gasteiger partial charge in [0.2, 0.25) is 10.0 Å². The smallest absolute Gasteiger partial charge is 0.238 e. The van der Waals surface area contributed by atoms with Crippen molar-refractivity contribution >= 4 is 50.3 Å². The first-order chi connectivity index (χ1) is 9.66. The van der Waals surface area contributed by atoms with Crippen molar-refractivity contribution in [3.05, 3.63) is 46.2 Å². The topological polar surface area (TPSA) is 98.2 Å². The summed E-state index contributed by atoms with van der Waals surface area (Å²) < 4.78 is 36.0. The van der Waals surface area contributed by atoms with Crippen LogP contribution in [0.15, 0.2) is 35.2 Å². The minimum atomic E-state index is -3.90. The number of sulfonamides is 1. The number of rotatable bonds is 3. The Balaban J connectivity index is 2.43. The summed E-state index contributed by atoms with van der Waals surface area (Å²) in [6.07, 6.45) is 0. The van der Waals surface area contributed by atoms with Crippen LogP contribution >= 0.6 is 23.2 Å². The first kappa shape index (κ1) is 15.8. The van der Waals surface area contributed by atoms with Crippen molar-refractivity contribution in [3.8, 4) is 0 Å². The van der Waals surface area contributed by atoms with E-state index < -0.39 is 15.8 Å². The maximum Gasteiger partial charge on any atom is 0.238 e. The van der Waals surface area contributed by atoms with Gasteiger partial charge in [0.15, 0.2) is 5.82 Å². The molecule has 0 aromatic heterocycles. The molecule has 0 bridgehead atoms. The molecule has 0 fully saturated rings. The molecule has 0 saturated heterocycles. The van der Waals surface area contributed by atoms with E-state index in [4.69, 9.17) is 34.1 Å². The Morgan fingerprint density at radius 3 is 2.05 bits per heavy atom. The van der Waals surface area contributed by atoms with Crippen molar-refractivity contribution in [3.63, 3.8) is 0 Å². The maximum atomic E-state index is 13.3. The van der Waals surface area contributed by atoms with E-state index in [9.17, 15) is 12.8 Å². The van der Waals surface area contributed by atoms with Crippen LogP contribution in [0.4, 0.5) is 21.5 Å². The summed E-state index contributed by atoms with van der Waals surface area (Å²) in [6, 6.07) is 6.62. The zero-order valence-corrected chi connectivity index (χ0v) is 12.7. The average Bonchev–Trinajstić information content (AvgIpc) is 2.34. The molecule has 0 aliphatic carbocycles. The third-order valence-corrected chi connectivity index (χ3v) is 3.97. The van der Waals surface area contributed by atoms with E-state index in [1.54, 1.807) is 0 Å². The number of benzene rings is 2. The molecule has 5 N–H and O–H groups in total. The minimum absolute atomic E-state index is 0.149. The summed E-state index contributed by atoms with van der Waals surface area (Å²) in [5, 5.41) is 7.55. The van der Waals surface area contributed by atoms with E-state index >= 15 is 0 Å². The molecule has 0 aliphatic heterocycles. The van der Waals surface area contributed by atoms with Crippen LogP contribution in [-0.4, -0.2) is 8.42 Å². The summed E-state index contributed by atoms with van der Waals surface area (Å²) >= 11 is 11.4. The molecule has 0 aliphatic rings. The van der Waals surface area contributed by atoms with Crippen molar-refractivity contribution in [1.82, 2.24) is 0 Å². The van der Waals surface area contributed by atoms with Crippen LogP contribution in [0.3, 0.4) is 0 Å². The van der Waals surface area contributed by atoms with Gasteiger partial charge in [-0.3, -0.25) is 0 Å². The van der Waals surface area contributed by atoms with Gasteiger partial charge in [-0.1, -0.05) is 23.2 Å². The van der Waals surface area contributed by atoms with Crippen molar-refractivity contribution in [2.45, 2.75) is 4.90 Å². The number of halogens is 3. The van der Waals surface area contributed by atoms with Crippen LogP contribution < -0.4 is 16.2 Å². The average molecular weight is 350 g/mol. The summed E-state index contributed by atoms with van der Waals surface area (Å²) in [5.74, 6) is -0.735. The van der Waals surface area contributed by atoms with Crippen LogP contribution in [0, 0.1) is 5.82 Å². The van der Waals surface area contributed by atoms with Crippen molar-refractivity contribution < 1.29 is 12.8 Å². The summed E-state index contributed by atoms with van der Waals surface area (Å²) in [6.45, 7) is 0. The molecule has 0 unspecified atom stereocenters. The molecule has 5 nitrogen and oxygen atoms in total. The van der Waals surface area contributed by atoms with Gasteiger partial charge in [-0.25, -0.2) is 17.9 Å². The second kappa shape index (κ2) is 5.69. The molecule has 0 atom stereocenters. The molecule has 0 spiro atoms. The number of anilines is 3. The van der Waals surface area contributed by atoms with E-state index in [0.717, 1.165) is 0 Å². The molecule has 0 heterocycles. The molecular weight excluding hydrogens is 340 g/mol. The Kier molecular flexibility index (Phi) is 4.29. The van der Waals surface area contributed by atoms with Crippen LogP contribution in [0.5, 0.6) is 0 Å². The van der Waals surface area contributed by atoms with Gasteiger partial charge in [0.05, 0.1) is 14.9 Å². The SMILES string of the molecule is Nc1cc(Nc2cc(Cl)c(F)c(Cl)c2)cc(S(N)(=O)=O)c1. The summed E-state index contributed by atoms with van der Waals surface area (Å²) in [4.78, 5) is -0.149. The molecule has 2 aromatic carbocycles. The van der Waals surface area contributed by atoms with Gasteiger partial charge in [0.25, 0.3) is 0 Å². The lowest BCUT2D eigenvalue weighted by molar-refractivity contribution is 0.598. The van der Waals surface area contributed by atoms with E-state index in [1.807, 2.05) is 0 Å². The molecule has 0 radical (unpaired) electrons. The number of primary sulfonamides is 1. The lowest BCUT2D eigenvalue weighted by atomic mass is 10.2. The van der Waals surface area contributed by atoms with Crippen molar-refractivity contribution in [1.29, 1.82) is 0 Å². The van der Waals surface area contributed by atoms with Crippen molar-refractivity contribution in [2.75, 3.05) is 11.1 Å². The predicted molar refractivity (Wildman–Crippen MR) is 81.9 cm³/mol. The molecular formula is C12H10Cl2FN3O2S. The standard InChI is InChI=1S/C12H10Cl2FN3O2S/c13-10-4-8(5-11(14)12(10)15)18-7-1-6(16)2-9(3-7)21(17,19)20/h1-5,18H,16H2,(H2,17,19,20). The van der Waals surface area contributed by atoms with Gasteiger partial charge in [0.1, 0.15) is 0 Å². The fourth-order valence-electron chi connectivity index (χ4n) is 1.65. The fourth-order valence-corrected chi connectivity index (χ4v) is 2.73. The zero-order chi connectivity index (χ0) is 15.8. The number of hydrogen-bond donors (Lipinski definition) is 3. The predicted octanol–water partition coefficient (Wildman–Crippen LogP) is 3.11. The molecule has 2 aromatic rings. The Morgan fingerprint density at radius 2 is 1.52 bits per heavy atom. The van der Waals surface area contributed by atoms with E-state index in [-0.39, 0.29) is 20.6 Å². The first-order valence-electron chi connectivity index (χ1n) is 5.52. The van der Waals surface area contributed by atoms with Gasteiger partial charge in [-0.2, -0.15) is 0 Å². The lowest BCUT2D eigenvalue weighted by Gasteiger charge is -2.10. The normalized spacial score (nSPS) is 11.4. The van der Waals surface area contributed by atoms with Gasteiger partial charge in [-0.05, 0) is 30.3 Å². The van der Waals surface area contributed by atoms with Crippen molar-refractivity contribution in [2.24, 2.45) is 5.14 Å². The monoisotopic (exact) mass is 349 g/mol. The molecule has 21 heavy (non-hydrogen) atoms. The molecule has 0 amide bonds. The first-order valence-corrected chi connectivity index (χ1v) is 7.82. The quantitative estimate of drug-likeness (QED) is 0.585. The fraction of sp³-hybridized carbons (Fsp3) is 0. The van der Waals surface area contributed by atoms with Crippen LogP contribution in [0.25, 0.3) is 0 Å². The summed E-state index contributed by atoms with van der Waals surface area (Å²) in [7, 11) is -3.90. The Morgan fingerprint density at radius 1 is 1.00 bits per heavy atom. The van der Waals surface area contributed by atoms with E-state index in [0.29, 0.717) is 11.4 Å². The number of nitrogen functional groups attached to an aromatic ring is 1. The second-order valence-corrected chi connectivity index (χ2v) is 6.59. The molecule has 9 heteroatoms. The number of nitrogens with one attached hydrogen (secondary N) is 1. The maximum absolute atomic E-state index is 13.3. The molecule has 2 rings (SSSR count). The number of hydrogen-bond acceptors (Lipinski definition) is 4. The Bertz CT molecular complexity index is 789. The highest BCUT2D eigenvalue weighted by Crippen LogP contribution is 2.30. The highest BCUT2D eigenvalue weighted by molar-refractivity contribution is 7.89. The number of nitrogens with two attached hydrogens (primary N) is 2. The lowest BCUT2D eigenvalue weighted by Crippen LogP contribution is -2.12. The Labute approximate surface area is 130 Å². The zero-order valence-electron chi connectivity index (χ0n) is 10.4. The van der Waals surface area contributed by atoms with Gasteiger partial charge in [0, 0.05) is 17.1 Å². The van der Waals surface area contributed by atoms with Crippen LogP contribution in [-0.2, 0) is 10.0 Å². The highest BCUT2D eigenvalue weighted by atomic mass is 35.5. The molecule has 112 valence electrons. The van der Waals surface area contributed by atoms with Gasteiger partial charge < -0.3 is 11.1 Å². The third kappa shape index (κ3) is 3.76. The van der Waals surface area contributed by atoms with Crippen LogP contribution in [0.1, 0.15) is 0 Å². The second-order valence-electron chi connectivity index (χ2n) is 4.21. The largest absolute Gasteiger partial charge is 0.399 e. The van der Waals surface area contributed by atoms with Gasteiger partial charge in [-0.15, -0.1) is 0 Å². The summed E-state index contributed by atoms with van der Waals surface area (Å²) in [5.41, 5.74) is 6.54. The van der Waals surface area contributed by atoms with Crippen LogP contribution in [0.2, 0.25) is 10.0 Å². The minimum Gasteiger partial charge on any atom is -0.399 e. The Hall–Kier alpha value is -1.54. The highest BCUT2D eigenvalue weighted by Gasteiger charge is 2.12. The third-order valence-electron chi connectivity index (χ3n) is 2.53. The van der Waals surface area contributed by atoms with Gasteiger partial charge >= 0.3 is 0 Å². The van der Waals surface area contributed by atoms with E-state index in [2.05, 4.69) is 5.32 Å². The molecule has 0 saturated carbocycles. The van der Waals surface area contributed by atoms with E-state index in [1.165, 1.54) is 30.3 Å².